The van der Waals surface area contributed by atoms with Crippen molar-refractivity contribution in [2.24, 2.45) is 0 Å². The SMILES string of the molecule is Br.COc1cc[c]([Mg][Br])cc1. The molecule has 0 unspecified atom stereocenters. The summed E-state index contributed by atoms with van der Waals surface area (Å²) in [4.78, 5) is 0. The normalized spacial score (nSPS) is 7.82. The fraction of sp³-hybridized carbons (Fsp3) is 0.143. The van der Waals surface area contributed by atoms with E-state index in [0.717, 1.165) is 5.75 Å². The number of ether oxygens (including phenoxy) is 1. The molecule has 0 aliphatic heterocycles. The number of rotatable bonds is 2. The first-order valence-electron chi connectivity index (χ1n) is 3.05. The summed E-state index contributed by atoms with van der Waals surface area (Å²) >= 11 is 3.33. The maximum absolute atomic E-state index is 5.01. The lowest BCUT2D eigenvalue weighted by atomic mass is 10.3. The monoisotopic (exact) mass is 290 g/mol. The summed E-state index contributed by atoms with van der Waals surface area (Å²) in [5.41, 5.74) is 0. The molecule has 0 fully saturated rings. The van der Waals surface area contributed by atoms with Gasteiger partial charge in [-0.05, 0) is 12.1 Å². The van der Waals surface area contributed by atoms with Crippen molar-refractivity contribution in [3.05, 3.63) is 24.3 Å². The van der Waals surface area contributed by atoms with Crippen molar-refractivity contribution in [3.63, 3.8) is 0 Å². The summed E-state index contributed by atoms with van der Waals surface area (Å²) in [5, 5.41) is 0. The Morgan fingerprint density at radius 1 is 1.27 bits per heavy atom. The summed E-state index contributed by atoms with van der Waals surface area (Å²) in [6, 6.07) is 8.17. The Morgan fingerprint density at radius 3 is 2.18 bits per heavy atom. The van der Waals surface area contributed by atoms with Crippen LogP contribution >= 0.6 is 29.9 Å². The molecule has 0 aromatic heterocycles. The van der Waals surface area contributed by atoms with Crippen LogP contribution in [-0.4, -0.2) is 25.3 Å². The smallest absolute Gasteiger partial charge is 0.497 e. The van der Waals surface area contributed by atoms with E-state index in [1.54, 1.807) is 7.11 Å². The van der Waals surface area contributed by atoms with Gasteiger partial charge in [-0.1, -0.05) is 12.1 Å². The van der Waals surface area contributed by atoms with Crippen LogP contribution in [0, 0.1) is 0 Å². The van der Waals surface area contributed by atoms with E-state index in [9.17, 15) is 0 Å². The van der Waals surface area contributed by atoms with Crippen molar-refractivity contribution in [1.82, 2.24) is 0 Å². The van der Waals surface area contributed by atoms with Gasteiger partial charge >= 0.3 is 18.2 Å². The lowest BCUT2D eigenvalue weighted by Crippen LogP contribution is -2.06. The molecule has 1 rings (SSSR count). The largest absolute Gasteiger partial charge is 0.506 e. The van der Waals surface area contributed by atoms with E-state index < -0.39 is 0 Å². The van der Waals surface area contributed by atoms with E-state index in [1.807, 2.05) is 12.1 Å². The third-order valence-electron chi connectivity index (χ3n) is 1.31. The first kappa shape index (κ1) is 11.7. The highest BCUT2D eigenvalue weighted by atomic mass is 79.9. The molecule has 11 heavy (non-hydrogen) atoms. The van der Waals surface area contributed by atoms with Crippen LogP contribution in [0.3, 0.4) is 0 Å². The van der Waals surface area contributed by atoms with Gasteiger partial charge in [0, 0.05) is 0 Å². The van der Waals surface area contributed by atoms with E-state index >= 15 is 0 Å². The fourth-order valence-corrected chi connectivity index (χ4v) is 2.25. The highest BCUT2D eigenvalue weighted by Crippen LogP contribution is 2.05. The Bertz CT molecular complexity index is 177. The van der Waals surface area contributed by atoms with E-state index in [2.05, 4.69) is 25.0 Å². The molecule has 0 aliphatic carbocycles. The number of hydrogen-bond donors (Lipinski definition) is 0. The average molecular weight is 292 g/mol. The summed E-state index contributed by atoms with van der Waals surface area (Å²) in [6.07, 6.45) is 0. The topological polar surface area (TPSA) is 9.23 Å². The third-order valence-corrected chi connectivity index (χ3v) is 4.04. The van der Waals surface area contributed by atoms with Crippen molar-refractivity contribution in [2.45, 2.75) is 0 Å². The van der Waals surface area contributed by atoms with Gasteiger partial charge in [0.2, 0.25) is 0 Å². The summed E-state index contributed by atoms with van der Waals surface area (Å²) in [6.45, 7) is 0. The van der Waals surface area contributed by atoms with Crippen molar-refractivity contribution in [1.29, 1.82) is 0 Å². The fourth-order valence-electron chi connectivity index (χ4n) is 0.715. The Kier molecular flexibility index (Phi) is 6.71. The van der Waals surface area contributed by atoms with E-state index in [4.69, 9.17) is 4.74 Å². The second-order valence-electron chi connectivity index (χ2n) is 1.98. The van der Waals surface area contributed by atoms with Gasteiger partial charge in [-0.3, -0.25) is 12.9 Å². The van der Waals surface area contributed by atoms with E-state index in [1.165, 1.54) is 3.69 Å². The van der Waals surface area contributed by atoms with Crippen LogP contribution < -0.4 is 8.43 Å². The molecule has 0 saturated heterocycles. The lowest BCUT2D eigenvalue weighted by molar-refractivity contribution is 0.415. The second kappa shape index (κ2) is 6.28. The lowest BCUT2D eigenvalue weighted by Gasteiger charge is -1.98. The molecular formula is C7H8Br2MgO. The summed E-state index contributed by atoms with van der Waals surface area (Å²) < 4.78 is 6.42. The van der Waals surface area contributed by atoms with E-state index in [-0.39, 0.29) is 35.2 Å². The number of halogens is 2. The van der Waals surface area contributed by atoms with Crippen molar-refractivity contribution < 1.29 is 4.74 Å². The Morgan fingerprint density at radius 2 is 1.82 bits per heavy atom. The molecule has 0 saturated carbocycles. The van der Waals surface area contributed by atoms with Gasteiger partial charge in [0.25, 0.3) is 0 Å². The predicted octanol–water partition coefficient (Wildman–Crippen LogP) is 1.91. The van der Waals surface area contributed by atoms with Gasteiger partial charge in [0.05, 0.1) is 7.11 Å². The van der Waals surface area contributed by atoms with Crippen LogP contribution in [-0.2, 0) is 0 Å². The predicted molar refractivity (Wildman–Crippen MR) is 57.6 cm³/mol. The minimum absolute atomic E-state index is 0. The molecule has 0 spiro atoms. The first-order valence-corrected chi connectivity index (χ1v) is 7.66. The number of benzene rings is 1. The molecule has 1 aromatic rings. The van der Waals surface area contributed by atoms with Gasteiger partial charge in [-0.2, -0.15) is 3.69 Å². The van der Waals surface area contributed by atoms with Gasteiger partial charge in [0.15, 0.2) is 0 Å². The Hall–Kier alpha value is 0.746. The molecule has 0 heterocycles. The maximum Gasteiger partial charge on any atom is 0.506 e. The molecule has 4 heteroatoms. The zero-order valence-electron chi connectivity index (χ0n) is 6.21. The van der Waals surface area contributed by atoms with Gasteiger partial charge in [-0.25, -0.2) is 0 Å². The zero-order valence-corrected chi connectivity index (χ0v) is 10.9. The maximum atomic E-state index is 5.01. The molecule has 0 amide bonds. The summed E-state index contributed by atoms with van der Waals surface area (Å²) in [5.74, 6) is 0.929. The van der Waals surface area contributed by atoms with Crippen molar-refractivity contribution in [3.8, 4) is 5.75 Å². The van der Waals surface area contributed by atoms with Crippen LogP contribution in [0.5, 0.6) is 5.75 Å². The molecule has 0 aliphatic rings. The Labute approximate surface area is 92.9 Å². The van der Waals surface area contributed by atoms with Crippen molar-refractivity contribution in [2.75, 3.05) is 7.11 Å². The van der Waals surface area contributed by atoms with Gasteiger partial charge in [-0.15, -0.1) is 17.0 Å². The highest BCUT2D eigenvalue weighted by Gasteiger charge is 1.93. The summed E-state index contributed by atoms with van der Waals surface area (Å²) in [7, 11) is 1.68. The quantitative estimate of drug-likeness (QED) is 0.757. The van der Waals surface area contributed by atoms with Gasteiger partial charge < -0.3 is 4.74 Å². The molecule has 0 radical (unpaired) electrons. The van der Waals surface area contributed by atoms with Gasteiger partial charge in [0.1, 0.15) is 5.75 Å². The molecule has 0 atom stereocenters. The van der Waals surface area contributed by atoms with Crippen LogP contribution in [0.2, 0.25) is 0 Å². The average Bonchev–Trinajstić information content (AvgIpc) is 2.05. The number of hydrogen-bond acceptors (Lipinski definition) is 1. The zero-order chi connectivity index (χ0) is 7.40. The number of methoxy groups -OCH3 is 1. The molecular weight excluding hydrogens is 284 g/mol. The van der Waals surface area contributed by atoms with Crippen LogP contribution in [0.25, 0.3) is 0 Å². The third kappa shape index (κ3) is 3.78. The molecule has 0 N–H and O–H groups in total. The van der Waals surface area contributed by atoms with Crippen molar-refractivity contribution >= 4 is 51.8 Å². The first-order chi connectivity index (χ1) is 4.86. The van der Waals surface area contributed by atoms with E-state index in [0.29, 0.717) is 0 Å². The molecule has 1 nitrogen and oxygen atoms in total. The molecule has 0 bridgehead atoms. The molecule has 1 aromatic carbocycles. The second-order valence-corrected chi connectivity index (χ2v) is 4.75. The van der Waals surface area contributed by atoms with Crippen LogP contribution in [0.1, 0.15) is 0 Å². The standard InChI is InChI=1S/C7H7O.2BrH.Mg/c1-8-7-5-3-2-4-6-7;;;/h3-6H,1H3;2*1H;/q;;;+1/p-1. The molecule has 58 valence electrons. The highest BCUT2D eigenvalue weighted by molar-refractivity contribution is 9.23. The van der Waals surface area contributed by atoms with Crippen LogP contribution in [0.15, 0.2) is 24.3 Å². The minimum atomic E-state index is -0.175. The Balaban J connectivity index is 0.000001000. The minimum Gasteiger partial charge on any atom is -0.497 e. The van der Waals surface area contributed by atoms with Crippen LogP contribution in [0.4, 0.5) is 0 Å².